The first-order valence-electron chi connectivity index (χ1n) is 7.09. The van der Waals surface area contributed by atoms with Crippen molar-refractivity contribution in [2.75, 3.05) is 23.3 Å². The van der Waals surface area contributed by atoms with Crippen molar-refractivity contribution in [3.05, 3.63) is 54.1 Å². The predicted molar refractivity (Wildman–Crippen MR) is 86.1 cm³/mol. The second-order valence-corrected chi connectivity index (χ2v) is 4.72. The molecule has 110 valence electrons. The van der Waals surface area contributed by atoms with Gasteiger partial charge in [-0.3, -0.25) is 4.79 Å². The Morgan fingerprint density at radius 3 is 2.33 bits per heavy atom. The maximum absolute atomic E-state index is 12.1. The molecule has 21 heavy (non-hydrogen) atoms. The molecule has 4 nitrogen and oxygen atoms in total. The Labute approximate surface area is 125 Å². The van der Waals surface area contributed by atoms with E-state index in [1.54, 1.807) is 12.1 Å². The van der Waals surface area contributed by atoms with E-state index in [1.807, 2.05) is 24.3 Å². The van der Waals surface area contributed by atoms with Crippen LogP contribution in [0.2, 0.25) is 0 Å². The third-order valence-electron chi connectivity index (χ3n) is 3.36. The molecule has 2 aromatic carbocycles. The van der Waals surface area contributed by atoms with Gasteiger partial charge in [-0.2, -0.15) is 0 Å². The minimum absolute atomic E-state index is 0.0829. The standard InChI is InChI=1S/C17H20N2O2/c1-3-19(4-2)15-10-8-14(9-11-15)18-17(21)13-6-5-7-16(20)12-13/h5-12,20H,3-4H2,1-2H3,(H,18,21). The lowest BCUT2D eigenvalue weighted by Crippen LogP contribution is -2.21. The number of rotatable bonds is 5. The summed E-state index contributed by atoms with van der Waals surface area (Å²) in [4.78, 5) is 14.3. The van der Waals surface area contributed by atoms with Gasteiger partial charge in [-0.15, -0.1) is 0 Å². The lowest BCUT2D eigenvalue weighted by Gasteiger charge is -2.21. The number of amides is 1. The summed E-state index contributed by atoms with van der Waals surface area (Å²) in [6.07, 6.45) is 0. The van der Waals surface area contributed by atoms with Gasteiger partial charge in [0, 0.05) is 30.0 Å². The highest BCUT2D eigenvalue weighted by atomic mass is 16.3. The third-order valence-corrected chi connectivity index (χ3v) is 3.36. The van der Waals surface area contributed by atoms with E-state index < -0.39 is 0 Å². The fourth-order valence-corrected chi connectivity index (χ4v) is 2.19. The van der Waals surface area contributed by atoms with Crippen molar-refractivity contribution in [2.45, 2.75) is 13.8 Å². The Morgan fingerprint density at radius 2 is 1.76 bits per heavy atom. The molecule has 2 aromatic rings. The zero-order valence-electron chi connectivity index (χ0n) is 12.3. The van der Waals surface area contributed by atoms with Crippen LogP contribution in [-0.4, -0.2) is 24.1 Å². The van der Waals surface area contributed by atoms with Gasteiger partial charge in [0.2, 0.25) is 0 Å². The fraction of sp³-hybridized carbons (Fsp3) is 0.235. The Hall–Kier alpha value is -2.49. The summed E-state index contributed by atoms with van der Waals surface area (Å²) in [5.74, 6) is -0.152. The Bertz CT molecular complexity index is 604. The Kier molecular flexibility index (Phi) is 4.82. The number of hydrogen-bond donors (Lipinski definition) is 2. The number of phenolic OH excluding ortho intramolecular Hbond substituents is 1. The monoisotopic (exact) mass is 284 g/mol. The van der Waals surface area contributed by atoms with E-state index in [4.69, 9.17) is 0 Å². The Morgan fingerprint density at radius 1 is 1.10 bits per heavy atom. The number of nitrogens with zero attached hydrogens (tertiary/aromatic N) is 1. The zero-order chi connectivity index (χ0) is 15.2. The van der Waals surface area contributed by atoms with E-state index in [0.717, 1.165) is 24.5 Å². The smallest absolute Gasteiger partial charge is 0.255 e. The van der Waals surface area contributed by atoms with Gasteiger partial charge in [-0.25, -0.2) is 0 Å². The average Bonchev–Trinajstić information content (AvgIpc) is 2.50. The second kappa shape index (κ2) is 6.79. The van der Waals surface area contributed by atoms with Gasteiger partial charge >= 0.3 is 0 Å². The molecule has 0 spiro atoms. The lowest BCUT2D eigenvalue weighted by atomic mass is 10.2. The van der Waals surface area contributed by atoms with Gasteiger partial charge in [0.1, 0.15) is 5.75 Å². The van der Waals surface area contributed by atoms with Gasteiger partial charge in [0.15, 0.2) is 0 Å². The molecule has 2 rings (SSSR count). The molecular weight excluding hydrogens is 264 g/mol. The van der Waals surface area contributed by atoms with Crippen LogP contribution in [0.1, 0.15) is 24.2 Å². The van der Waals surface area contributed by atoms with E-state index in [1.165, 1.54) is 12.1 Å². The summed E-state index contributed by atoms with van der Waals surface area (Å²) in [5, 5.41) is 12.2. The highest BCUT2D eigenvalue weighted by Crippen LogP contribution is 2.19. The summed E-state index contributed by atoms with van der Waals surface area (Å²) < 4.78 is 0. The molecule has 4 heteroatoms. The molecule has 0 atom stereocenters. The van der Waals surface area contributed by atoms with E-state index in [9.17, 15) is 9.90 Å². The minimum atomic E-state index is -0.235. The van der Waals surface area contributed by atoms with Crippen molar-refractivity contribution in [1.29, 1.82) is 0 Å². The molecule has 0 heterocycles. The number of nitrogens with one attached hydrogen (secondary N) is 1. The second-order valence-electron chi connectivity index (χ2n) is 4.72. The number of aromatic hydroxyl groups is 1. The van der Waals surface area contributed by atoms with Crippen molar-refractivity contribution in [1.82, 2.24) is 0 Å². The molecule has 0 saturated carbocycles. The summed E-state index contributed by atoms with van der Waals surface area (Å²) in [6.45, 7) is 6.12. The SMILES string of the molecule is CCN(CC)c1ccc(NC(=O)c2cccc(O)c2)cc1. The highest BCUT2D eigenvalue weighted by Gasteiger charge is 2.07. The summed E-state index contributed by atoms with van der Waals surface area (Å²) in [6, 6.07) is 14.0. The first-order chi connectivity index (χ1) is 10.1. The maximum atomic E-state index is 12.1. The van der Waals surface area contributed by atoms with E-state index in [2.05, 4.69) is 24.1 Å². The van der Waals surface area contributed by atoms with Gasteiger partial charge < -0.3 is 15.3 Å². The van der Waals surface area contributed by atoms with Crippen LogP contribution in [0.15, 0.2) is 48.5 Å². The topological polar surface area (TPSA) is 52.6 Å². The number of benzene rings is 2. The zero-order valence-corrected chi connectivity index (χ0v) is 12.3. The van der Waals surface area contributed by atoms with Crippen molar-refractivity contribution >= 4 is 17.3 Å². The molecule has 0 saturated heterocycles. The van der Waals surface area contributed by atoms with Crippen LogP contribution >= 0.6 is 0 Å². The molecule has 0 aromatic heterocycles. The van der Waals surface area contributed by atoms with Crippen LogP contribution in [0.5, 0.6) is 5.75 Å². The van der Waals surface area contributed by atoms with Crippen LogP contribution in [0.4, 0.5) is 11.4 Å². The first kappa shape index (κ1) is 14.9. The van der Waals surface area contributed by atoms with Crippen molar-refractivity contribution in [3.63, 3.8) is 0 Å². The summed E-state index contributed by atoms with van der Waals surface area (Å²) in [5.41, 5.74) is 2.30. The molecule has 0 aliphatic carbocycles. The number of anilines is 2. The maximum Gasteiger partial charge on any atom is 0.255 e. The molecule has 0 bridgehead atoms. The number of phenols is 1. The third kappa shape index (κ3) is 3.75. The first-order valence-corrected chi connectivity index (χ1v) is 7.09. The van der Waals surface area contributed by atoms with Crippen LogP contribution < -0.4 is 10.2 Å². The van der Waals surface area contributed by atoms with Crippen molar-refractivity contribution in [3.8, 4) is 5.75 Å². The normalized spacial score (nSPS) is 10.2. The predicted octanol–water partition coefficient (Wildman–Crippen LogP) is 3.49. The van der Waals surface area contributed by atoms with Gasteiger partial charge in [0.05, 0.1) is 0 Å². The van der Waals surface area contributed by atoms with Crippen molar-refractivity contribution < 1.29 is 9.90 Å². The van der Waals surface area contributed by atoms with E-state index in [-0.39, 0.29) is 11.7 Å². The largest absolute Gasteiger partial charge is 0.508 e. The number of carbonyl (C=O) groups is 1. The lowest BCUT2D eigenvalue weighted by molar-refractivity contribution is 0.102. The minimum Gasteiger partial charge on any atom is -0.508 e. The fourth-order valence-electron chi connectivity index (χ4n) is 2.19. The molecule has 1 amide bonds. The van der Waals surface area contributed by atoms with Crippen molar-refractivity contribution in [2.24, 2.45) is 0 Å². The molecule has 0 fully saturated rings. The van der Waals surface area contributed by atoms with Gasteiger partial charge in [-0.1, -0.05) is 6.07 Å². The van der Waals surface area contributed by atoms with Gasteiger partial charge in [-0.05, 0) is 56.3 Å². The number of hydrogen-bond acceptors (Lipinski definition) is 3. The quantitative estimate of drug-likeness (QED) is 0.883. The highest BCUT2D eigenvalue weighted by molar-refractivity contribution is 6.04. The van der Waals surface area contributed by atoms with Crippen LogP contribution in [0.3, 0.4) is 0 Å². The van der Waals surface area contributed by atoms with Crippen LogP contribution in [-0.2, 0) is 0 Å². The molecule has 0 aliphatic heterocycles. The van der Waals surface area contributed by atoms with Crippen LogP contribution in [0, 0.1) is 0 Å². The summed E-state index contributed by atoms with van der Waals surface area (Å²) in [7, 11) is 0. The molecular formula is C17H20N2O2. The average molecular weight is 284 g/mol. The van der Waals surface area contributed by atoms with Gasteiger partial charge in [0.25, 0.3) is 5.91 Å². The Balaban J connectivity index is 2.08. The molecule has 0 aliphatic rings. The van der Waals surface area contributed by atoms with Crippen LogP contribution in [0.25, 0.3) is 0 Å². The van der Waals surface area contributed by atoms with E-state index >= 15 is 0 Å². The number of carbonyl (C=O) groups excluding carboxylic acids is 1. The molecule has 2 N–H and O–H groups in total. The molecule has 0 radical (unpaired) electrons. The summed E-state index contributed by atoms with van der Waals surface area (Å²) >= 11 is 0. The van der Waals surface area contributed by atoms with E-state index in [0.29, 0.717) is 5.56 Å². The molecule has 0 unspecified atom stereocenters.